The SMILES string of the molecule is O=C(O)c1cccc(N2C(=O)[C@@H]3[C@H]4C=C[C@H]([C@@H]5C[C@@H]45)[C@@H]3C2=O)c1. The van der Waals surface area contributed by atoms with Crippen LogP contribution in [0.15, 0.2) is 36.4 Å². The Balaban J connectivity index is 1.57. The van der Waals surface area contributed by atoms with Crippen molar-refractivity contribution in [1.82, 2.24) is 0 Å². The van der Waals surface area contributed by atoms with Gasteiger partial charge in [0, 0.05) is 0 Å². The summed E-state index contributed by atoms with van der Waals surface area (Å²) in [6, 6.07) is 6.08. The van der Waals surface area contributed by atoms with Gasteiger partial charge in [0.15, 0.2) is 0 Å². The summed E-state index contributed by atoms with van der Waals surface area (Å²) in [5, 5.41) is 9.13. The predicted molar refractivity (Wildman–Crippen MR) is 80.6 cm³/mol. The molecule has 0 aromatic heterocycles. The molecule has 1 saturated heterocycles. The monoisotopic (exact) mass is 309 g/mol. The van der Waals surface area contributed by atoms with Gasteiger partial charge in [-0.15, -0.1) is 0 Å². The van der Waals surface area contributed by atoms with Crippen LogP contribution >= 0.6 is 0 Å². The van der Waals surface area contributed by atoms with Crippen molar-refractivity contribution in [3.8, 4) is 0 Å². The van der Waals surface area contributed by atoms with E-state index in [0.717, 1.165) is 6.42 Å². The van der Waals surface area contributed by atoms with E-state index in [2.05, 4.69) is 12.2 Å². The van der Waals surface area contributed by atoms with Crippen molar-refractivity contribution in [2.75, 3.05) is 4.90 Å². The first-order valence-corrected chi connectivity index (χ1v) is 7.97. The number of allylic oxidation sites excluding steroid dienone is 2. The maximum atomic E-state index is 12.9. The summed E-state index contributed by atoms with van der Waals surface area (Å²) < 4.78 is 0. The number of imide groups is 1. The van der Waals surface area contributed by atoms with E-state index in [9.17, 15) is 14.4 Å². The second kappa shape index (κ2) is 4.10. The molecule has 0 unspecified atom stereocenters. The Bertz CT molecular complexity index is 762. The molecule has 1 aromatic rings. The molecule has 5 heteroatoms. The van der Waals surface area contributed by atoms with Crippen LogP contribution in [0.5, 0.6) is 0 Å². The fraction of sp³-hybridized carbons (Fsp3) is 0.389. The van der Waals surface area contributed by atoms with E-state index in [1.165, 1.54) is 17.0 Å². The summed E-state index contributed by atoms with van der Waals surface area (Å²) in [4.78, 5) is 38.2. The molecule has 5 nitrogen and oxygen atoms in total. The van der Waals surface area contributed by atoms with Crippen LogP contribution in [0.25, 0.3) is 0 Å². The van der Waals surface area contributed by atoms with Gasteiger partial charge in [-0.2, -0.15) is 0 Å². The number of hydrogen-bond donors (Lipinski definition) is 1. The molecule has 0 radical (unpaired) electrons. The van der Waals surface area contributed by atoms with Crippen LogP contribution < -0.4 is 4.90 Å². The Morgan fingerprint density at radius 1 is 1.04 bits per heavy atom. The molecule has 5 aliphatic rings. The number of carboxylic acid groups (broad SMARTS) is 1. The quantitative estimate of drug-likeness (QED) is 0.669. The molecule has 116 valence electrons. The van der Waals surface area contributed by atoms with E-state index in [1.807, 2.05) is 0 Å². The molecular formula is C18H15NO4. The van der Waals surface area contributed by atoms with Crippen molar-refractivity contribution >= 4 is 23.5 Å². The third kappa shape index (κ3) is 1.54. The number of aromatic carboxylic acids is 1. The number of hydrogen-bond acceptors (Lipinski definition) is 3. The summed E-state index contributed by atoms with van der Waals surface area (Å²) >= 11 is 0. The molecule has 1 N–H and O–H groups in total. The zero-order chi connectivity index (χ0) is 15.9. The minimum absolute atomic E-state index is 0.0851. The van der Waals surface area contributed by atoms with Crippen molar-refractivity contribution in [3.05, 3.63) is 42.0 Å². The zero-order valence-electron chi connectivity index (χ0n) is 12.3. The molecule has 2 saturated carbocycles. The molecule has 4 aliphatic carbocycles. The zero-order valence-corrected chi connectivity index (χ0v) is 12.3. The number of carboxylic acids is 1. The largest absolute Gasteiger partial charge is 0.478 e. The van der Waals surface area contributed by atoms with Crippen LogP contribution in [-0.4, -0.2) is 22.9 Å². The molecule has 23 heavy (non-hydrogen) atoms. The molecule has 6 rings (SSSR count). The van der Waals surface area contributed by atoms with Gasteiger partial charge in [-0.25, -0.2) is 9.69 Å². The van der Waals surface area contributed by atoms with Crippen LogP contribution in [-0.2, 0) is 9.59 Å². The van der Waals surface area contributed by atoms with E-state index >= 15 is 0 Å². The first-order valence-electron chi connectivity index (χ1n) is 7.97. The lowest BCUT2D eigenvalue weighted by atomic mass is 9.63. The molecule has 1 aromatic carbocycles. The second-order valence-electron chi connectivity index (χ2n) is 7.02. The molecule has 2 amide bonds. The number of benzene rings is 1. The number of anilines is 1. The summed E-state index contributed by atoms with van der Waals surface area (Å²) in [6.45, 7) is 0. The third-order valence-corrected chi connectivity index (χ3v) is 6.01. The average Bonchev–Trinajstić information content (AvgIpc) is 3.32. The number of carbonyl (C=O) groups excluding carboxylic acids is 2. The molecule has 3 fully saturated rings. The Kier molecular flexibility index (Phi) is 2.33. The second-order valence-corrected chi connectivity index (χ2v) is 7.02. The van der Waals surface area contributed by atoms with Gasteiger partial charge in [0.2, 0.25) is 11.8 Å². The maximum absolute atomic E-state index is 12.9. The Morgan fingerprint density at radius 3 is 2.22 bits per heavy atom. The smallest absolute Gasteiger partial charge is 0.335 e. The normalized spacial score (nSPS) is 39.4. The van der Waals surface area contributed by atoms with Crippen LogP contribution in [0, 0.1) is 35.5 Å². The average molecular weight is 309 g/mol. The van der Waals surface area contributed by atoms with Gasteiger partial charge >= 0.3 is 5.97 Å². The highest BCUT2D eigenvalue weighted by Gasteiger charge is 2.67. The van der Waals surface area contributed by atoms with Gasteiger partial charge in [0.05, 0.1) is 23.1 Å². The number of nitrogens with zero attached hydrogens (tertiary/aromatic N) is 1. The fourth-order valence-corrected chi connectivity index (χ4v) is 4.99. The molecule has 6 atom stereocenters. The summed E-state index contributed by atoms with van der Waals surface area (Å²) in [5.41, 5.74) is 0.462. The van der Waals surface area contributed by atoms with Crippen molar-refractivity contribution in [3.63, 3.8) is 0 Å². The Hall–Kier alpha value is -2.43. The minimum Gasteiger partial charge on any atom is -0.478 e. The van der Waals surface area contributed by atoms with Crippen molar-refractivity contribution in [2.24, 2.45) is 35.5 Å². The lowest BCUT2D eigenvalue weighted by molar-refractivity contribution is -0.124. The van der Waals surface area contributed by atoms with Gasteiger partial charge in [-0.3, -0.25) is 9.59 Å². The Morgan fingerprint density at radius 2 is 1.65 bits per heavy atom. The van der Waals surface area contributed by atoms with Crippen LogP contribution in [0.2, 0.25) is 0 Å². The van der Waals surface area contributed by atoms with Crippen molar-refractivity contribution < 1.29 is 19.5 Å². The lowest BCUT2D eigenvalue weighted by Crippen LogP contribution is -2.40. The van der Waals surface area contributed by atoms with E-state index < -0.39 is 5.97 Å². The lowest BCUT2D eigenvalue weighted by Gasteiger charge is -2.37. The summed E-state index contributed by atoms with van der Waals surface area (Å²) in [7, 11) is 0. The first-order chi connectivity index (χ1) is 11.1. The molecule has 1 heterocycles. The maximum Gasteiger partial charge on any atom is 0.335 e. The van der Waals surface area contributed by atoms with Crippen molar-refractivity contribution in [2.45, 2.75) is 6.42 Å². The highest BCUT2D eigenvalue weighted by atomic mass is 16.4. The molecule has 1 aliphatic heterocycles. The van der Waals surface area contributed by atoms with E-state index in [0.29, 0.717) is 17.5 Å². The number of rotatable bonds is 2. The van der Waals surface area contributed by atoms with Gasteiger partial charge in [0.1, 0.15) is 0 Å². The van der Waals surface area contributed by atoms with Gasteiger partial charge in [-0.1, -0.05) is 18.2 Å². The highest BCUT2D eigenvalue weighted by Crippen LogP contribution is 2.65. The third-order valence-electron chi connectivity index (χ3n) is 6.01. The topological polar surface area (TPSA) is 74.7 Å². The van der Waals surface area contributed by atoms with Crippen molar-refractivity contribution in [1.29, 1.82) is 0 Å². The first kappa shape index (κ1) is 13.0. The van der Waals surface area contributed by atoms with E-state index in [4.69, 9.17) is 5.11 Å². The molecular weight excluding hydrogens is 294 g/mol. The van der Waals surface area contributed by atoms with Crippen LogP contribution in [0.3, 0.4) is 0 Å². The summed E-state index contributed by atoms with van der Waals surface area (Å²) in [6.07, 6.45) is 5.38. The minimum atomic E-state index is -1.06. The predicted octanol–water partition coefficient (Wildman–Crippen LogP) is 1.94. The van der Waals surface area contributed by atoms with Gasteiger partial charge in [-0.05, 0) is 48.3 Å². The van der Waals surface area contributed by atoms with Gasteiger partial charge in [0.25, 0.3) is 0 Å². The van der Waals surface area contributed by atoms with Crippen LogP contribution in [0.4, 0.5) is 5.69 Å². The van der Waals surface area contributed by atoms with E-state index in [-0.39, 0.29) is 41.0 Å². The highest BCUT2D eigenvalue weighted by molar-refractivity contribution is 6.22. The van der Waals surface area contributed by atoms with Crippen LogP contribution in [0.1, 0.15) is 16.8 Å². The molecule has 2 bridgehead atoms. The molecule has 0 spiro atoms. The fourth-order valence-electron chi connectivity index (χ4n) is 4.99. The number of carbonyl (C=O) groups is 3. The summed E-state index contributed by atoms with van der Waals surface area (Å²) in [5.74, 6) is -0.407. The van der Waals surface area contributed by atoms with E-state index in [1.54, 1.807) is 12.1 Å². The standard InChI is InChI=1S/C18H15NO4/c20-16-14-10-4-5-11(13-7-12(10)13)15(14)17(21)19(16)9-3-1-2-8(6-9)18(22)23/h1-6,10-15H,7H2,(H,22,23)/t10-,11+,12-,13-,14+,15-/m0/s1. The van der Waals surface area contributed by atoms with Gasteiger partial charge < -0.3 is 5.11 Å². The Labute approximate surface area is 132 Å². The number of amides is 2.